The molecule has 0 unspecified atom stereocenters. The SMILES string of the molecule is CN(CC=O)c1cccs1. The Balaban J connectivity index is 2.58. The van der Waals surface area contributed by atoms with Gasteiger partial charge in [0, 0.05) is 7.05 Å². The van der Waals surface area contributed by atoms with Gasteiger partial charge < -0.3 is 9.69 Å². The smallest absolute Gasteiger partial charge is 0.139 e. The fourth-order valence-corrected chi connectivity index (χ4v) is 1.40. The van der Waals surface area contributed by atoms with Crippen molar-refractivity contribution in [2.45, 2.75) is 0 Å². The Labute approximate surface area is 64.1 Å². The lowest BCUT2D eigenvalue weighted by molar-refractivity contribution is -0.106. The van der Waals surface area contributed by atoms with Gasteiger partial charge in [-0.1, -0.05) is 0 Å². The summed E-state index contributed by atoms with van der Waals surface area (Å²) in [7, 11) is 1.90. The third kappa shape index (κ3) is 1.57. The molecule has 1 heterocycles. The van der Waals surface area contributed by atoms with Crippen LogP contribution in [0.25, 0.3) is 0 Å². The lowest BCUT2D eigenvalue weighted by Gasteiger charge is -2.11. The van der Waals surface area contributed by atoms with Crippen LogP contribution in [0.3, 0.4) is 0 Å². The van der Waals surface area contributed by atoms with Crippen LogP contribution in [0.4, 0.5) is 5.00 Å². The van der Waals surface area contributed by atoms with E-state index in [4.69, 9.17) is 0 Å². The van der Waals surface area contributed by atoms with E-state index >= 15 is 0 Å². The molecule has 0 amide bonds. The second-order valence-electron chi connectivity index (χ2n) is 2.00. The number of hydrogen-bond acceptors (Lipinski definition) is 3. The summed E-state index contributed by atoms with van der Waals surface area (Å²) in [5.41, 5.74) is 0. The summed E-state index contributed by atoms with van der Waals surface area (Å²) in [5, 5.41) is 3.13. The molecule has 0 atom stereocenters. The van der Waals surface area contributed by atoms with Gasteiger partial charge in [-0.05, 0) is 17.5 Å². The van der Waals surface area contributed by atoms with Gasteiger partial charge in [-0.15, -0.1) is 11.3 Å². The summed E-state index contributed by atoms with van der Waals surface area (Å²) in [4.78, 5) is 12.0. The summed E-state index contributed by atoms with van der Waals surface area (Å²) in [6.07, 6.45) is 0.902. The molecule has 1 aromatic heterocycles. The molecule has 0 saturated heterocycles. The van der Waals surface area contributed by atoms with E-state index in [0.29, 0.717) is 6.54 Å². The fraction of sp³-hybridized carbons (Fsp3) is 0.286. The number of hydrogen-bond donors (Lipinski definition) is 0. The Morgan fingerprint density at radius 2 is 2.60 bits per heavy atom. The van der Waals surface area contributed by atoms with Gasteiger partial charge in [0.15, 0.2) is 0 Å². The number of aldehydes is 1. The van der Waals surface area contributed by atoms with Crippen molar-refractivity contribution in [1.29, 1.82) is 0 Å². The van der Waals surface area contributed by atoms with Gasteiger partial charge in [0.25, 0.3) is 0 Å². The second kappa shape index (κ2) is 3.37. The summed E-state index contributed by atoms with van der Waals surface area (Å²) < 4.78 is 0. The highest BCUT2D eigenvalue weighted by Crippen LogP contribution is 2.18. The van der Waals surface area contributed by atoms with E-state index in [1.165, 1.54) is 0 Å². The first-order valence-electron chi connectivity index (χ1n) is 3.03. The van der Waals surface area contributed by atoms with Crippen molar-refractivity contribution in [1.82, 2.24) is 0 Å². The predicted molar refractivity (Wildman–Crippen MR) is 43.7 cm³/mol. The molecule has 0 radical (unpaired) electrons. The molecule has 1 rings (SSSR count). The van der Waals surface area contributed by atoms with Crippen LogP contribution in [0.5, 0.6) is 0 Å². The molecular weight excluding hydrogens is 146 g/mol. The van der Waals surface area contributed by atoms with Gasteiger partial charge in [0.2, 0.25) is 0 Å². The van der Waals surface area contributed by atoms with Crippen LogP contribution in [0, 0.1) is 0 Å². The van der Waals surface area contributed by atoms with E-state index in [2.05, 4.69) is 0 Å². The number of carbonyl (C=O) groups excluding carboxylic acids is 1. The third-order valence-corrected chi connectivity index (χ3v) is 2.21. The first-order chi connectivity index (χ1) is 4.84. The van der Waals surface area contributed by atoms with Gasteiger partial charge in [0.05, 0.1) is 11.5 Å². The highest BCUT2D eigenvalue weighted by molar-refractivity contribution is 7.14. The van der Waals surface area contributed by atoms with Crippen molar-refractivity contribution in [3.8, 4) is 0 Å². The van der Waals surface area contributed by atoms with Crippen molar-refractivity contribution >= 4 is 22.6 Å². The number of likely N-dealkylation sites (N-methyl/N-ethyl adjacent to an activating group) is 1. The van der Waals surface area contributed by atoms with Gasteiger partial charge in [0.1, 0.15) is 6.29 Å². The molecule has 10 heavy (non-hydrogen) atoms. The number of carbonyl (C=O) groups is 1. The van der Waals surface area contributed by atoms with E-state index in [-0.39, 0.29) is 0 Å². The molecule has 0 aliphatic rings. The van der Waals surface area contributed by atoms with E-state index in [0.717, 1.165) is 11.3 Å². The molecule has 0 bridgehead atoms. The molecular formula is C7H9NOS. The minimum Gasteiger partial charge on any atom is -0.359 e. The molecule has 2 nitrogen and oxygen atoms in total. The summed E-state index contributed by atoms with van der Waals surface area (Å²) in [5.74, 6) is 0. The van der Waals surface area contributed by atoms with E-state index < -0.39 is 0 Å². The number of anilines is 1. The lowest BCUT2D eigenvalue weighted by Crippen LogP contribution is -2.17. The Morgan fingerprint density at radius 1 is 1.80 bits per heavy atom. The van der Waals surface area contributed by atoms with Crippen LogP contribution in [0.2, 0.25) is 0 Å². The van der Waals surface area contributed by atoms with E-state index in [1.54, 1.807) is 11.3 Å². The molecule has 3 heteroatoms. The Hall–Kier alpha value is -0.830. The van der Waals surface area contributed by atoms with Crippen molar-refractivity contribution < 1.29 is 4.79 Å². The van der Waals surface area contributed by atoms with Crippen molar-refractivity contribution in [3.05, 3.63) is 17.5 Å². The van der Waals surface area contributed by atoms with Crippen LogP contribution < -0.4 is 4.90 Å². The topological polar surface area (TPSA) is 20.3 Å². The van der Waals surface area contributed by atoms with Crippen molar-refractivity contribution in [2.75, 3.05) is 18.5 Å². The highest BCUT2D eigenvalue weighted by atomic mass is 32.1. The van der Waals surface area contributed by atoms with E-state index in [9.17, 15) is 4.79 Å². The predicted octanol–water partition coefficient (Wildman–Crippen LogP) is 1.38. The maximum atomic E-state index is 10.1. The first-order valence-corrected chi connectivity index (χ1v) is 3.91. The summed E-state index contributed by atoms with van der Waals surface area (Å²) in [6.45, 7) is 0.473. The van der Waals surface area contributed by atoms with E-state index in [1.807, 2.05) is 29.5 Å². The first kappa shape index (κ1) is 7.28. The zero-order valence-electron chi connectivity index (χ0n) is 5.78. The van der Waals surface area contributed by atoms with Gasteiger partial charge in [-0.3, -0.25) is 0 Å². The van der Waals surface area contributed by atoms with Crippen LogP contribution >= 0.6 is 11.3 Å². The second-order valence-corrected chi connectivity index (χ2v) is 2.92. The quantitative estimate of drug-likeness (QED) is 0.615. The molecule has 0 aliphatic carbocycles. The Bertz CT molecular complexity index is 195. The largest absolute Gasteiger partial charge is 0.359 e. The maximum absolute atomic E-state index is 10.1. The third-order valence-electron chi connectivity index (χ3n) is 1.23. The fourth-order valence-electron chi connectivity index (χ4n) is 0.689. The molecule has 0 fully saturated rings. The molecule has 0 N–H and O–H groups in total. The number of thiophene rings is 1. The number of rotatable bonds is 3. The molecule has 1 aromatic rings. The average Bonchev–Trinajstić information content (AvgIpc) is 2.38. The molecule has 0 aromatic carbocycles. The zero-order valence-corrected chi connectivity index (χ0v) is 6.60. The van der Waals surface area contributed by atoms with Crippen LogP contribution in [0.15, 0.2) is 17.5 Å². The van der Waals surface area contributed by atoms with Crippen LogP contribution in [-0.2, 0) is 4.79 Å². The van der Waals surface area contributed by atoms with Crippen molar-refractivity contribution in [3.63, 3.8) is 0 Å². The standard InChI is InChI=1S/C7H9NOS/c1-8(4-5-9)7-3-2-6-10-7/h2-3,5-6H,4H2,1H3. The monoisotopic (exact) mass is 155 g/mol. The van der Waals surface area contributed by atoms with Crippen molar-refractivity contribution in [2.24, 2.45) is 0 Å². The summed E-state index contributed by atoms with van der Waals surface area (Å²) >= 11 is 1.64. The molecule has 0 saturated carbocycles. The average molecular weight is 155 g/mol. The molecule has 0 spiro atoms. The zero-order chi connectivity index (χ0) is 7.40. The van der Waals surface area contributed by atoms with Gasteiger partial charge in [-0.25, -0.2) is 0 Å². The Morgan fingerprint density at radius 3 is 3.10 bits per heavy atom. The molecule has 0 aliphatic heterocycles. The van der Waals surface area contributed by atoms with Gasteiger partial charge >= 0.3 is 0 Å². The van der Waals surface area contributed by atoms with Crippen LogP contribution in [-0.4, -0.2) is 19.9 Å². The normalized spacial score (nSPS) is 9.30. The van der Waals surface area contributed by atoms with Gasteiger partial charge in [-0.2, -0.15) is 0 Å². The Kier molecular flexibility index (Phi) is 2.45. The molecule has 54 valence electrons. The minimum absolute atomic E-state index is 0.473. The summed E-state index contributed by atoms with van der Waals surface area (Å²) in [6, 6.07) is 3.97. The highest BCUT2D eigenvalue weighted by Gasteiger charge is 1.97. The van der Waals surface area contributed by atoms with Crippen LogP contribution in [0.1, 0.15) is 0 Å². The maximum Gasteiger partial charge on any atom is 0.139 e. The number of nitrogens with zero attached hydrogens (tertiary/aromatic N) is 1. The minimum atomic E-state index is 0.473. The lowest BCUT2D eigenvalue weighted by atomic mass is 10.5.